The van der Waals surface area contributed by atoms with Crippen molar-refractivity contribution in [3.8, 4) is 0 Å². The molecule has 0 aromatic heterocycles. The van der Waals surface area contributed by atoms with E-state index in [0.29, 0.717) is 11.3 Å². The Morgan fingerprint density at radius 3 is 2.09 bits per heavy atom. The molecule has 5 heteroatoms. The Kier molecular flexibility index (Phi) is 5.21. The van der Waals surface area contributed by atoms with E-state index in [1.807, 2.05) is 43.3 Å². The molecule has 0 aliphatic rings. The van der Waals surface area contributed by atoms with Crippen LogP contribution in [-0.4, -0.2) is 34.3 Å². The van der Waals surface area contributed by atoms with E-state index in [1.54, 1.807) is 30.3 Å². The van der Waals surface area contributed by atoms with Crippen molar-refractivity contribution in [3.63, 3.8) is 0 Å². The van der Waals surface area contributed by atoms with Crippen molar-refractivity contribution in [2.75, 3.05) is 25.5 Å². The zero-order valence-corrected chi connectivity index (χ0v) is 13.8. The van der Waals surface area contributed by atoms with Gasteiger partial charge >= 0.3 is 0 Å². The lowest BCUT2D eigenvalue weighted by Crippen LogP contribution is -2.32. The quantitative estimate of drug-likeness (QED) is 0.886. The fourth-order valence-corrected chi connectivity index (χ4v) is 3.90. The molecule has 0 heterocycles. The van der Waals surface area contributed by atoms with Gasteiger partial charge in [-0.15, -0.1) is 0 Å². The van der Waals surface area contributed by atoms with Crippen molar-refractivity contribution in [3.05, 3.63) is 60.2 Å². The topological polar surface area (TPSA) is 63.4 Å². The number of hydrogen-bond acceptors (Lipinski definition) is 4. The third-order valence-corrected chi connectivity index (χ3v) is 5.86. The van der Waals surface area contributed by atoms with Crippen LogP contribution in [0, 0.1) is 0 Å². The largest absolute Gasteiger partial charge is 0.378 e. The van der Waals surface area contributed by atoms with Crippen molar-refractivity contribution in [2.45, 2.75) is 16.6 Å². The van der Waals surface area contributed by atoms with Crippen molar-refractivity contribution in [1.82, 2.24) is 0 Å². The third kappa shape index (κ3) is 3.67. The minimum absolute atomic E-state index is 0.104. The molecule has 118 valence electrons. The van der Waals surface area contributed by atoms with Gasteiger partial charge in [-0.25, -0.2) is 8.42 Å². The van der Waals surface area contributed by atoms with Crippen molar-refractivity contribution in [2.24, 2.45) is 5.73 Å². The summed E-state index contributed by atoms with van der Waals surface area (Å²) in [6.07, 6.45) is 0.418. The first kappa shape index (κ1) is 16.5. The predicted molar refractivity (Wildman–Crippen MR) is 90.9 cm³/mol. The van der Waals surface area contributed by atoms with E-state index >= 15 is 0 Å². The Hall–Kier alpha value is -1.85. The number of nitrogens with zero attached hydrogens (tertiary/aromatic N) is 1. The van der Waals surface area contributed by atoms with Gasteiger partial charge in [0.05, 0.1) is 10.1 Å². The molecule has 0 aliphatic heterocycles. The zero-order chi connectivity index (χ0) is 16.2. The smallest absolute Gasteiger partial charge is 0.182 e. The van der Waals surface area contributed by atoms with Gasteiger partial charge in [-0.05, 0) is 36.2 Å². The second-order valence-corrected chi connectivity index (χ2v) is 7.71. The molecule has 4 nitrogen and oxygen atoms in total. The molecule has 2 aromatic carbocycles. The van der Waals surface area contributed by atoms with Gasteiger partial charge in [0.25, 0.3) is 0 Å². The summed E-state index contributed by atoms with van der Waals surface area (Å²) in [4.78, 5) is 2.33. The van der Waals surface area contributed by atoms with Crippen molar-refractivity contribution >= 4 is 15.5 Å². The van der Waals surface area contributed by atoms with Crippen molar-refractivity contribution < 1.29 is 8.42 Å². The third-order valence-electron chi connectivity index (χ3n) is 3.69. The predicted octanol–water partition coefficient (Wildman–Crippen LogP) is 2.10. The summed E-state index contributed by atoms with van der Waals surface area (Å²) >= 11 is 0. The lowest BCUT2D eigenvalue weighted by atomic mass is 10.1. The molecule has 0 spiro atoms. The maximum atomic E-state index is 12.7. The minimum Gasteiger partial charge on any atom is -0.378 e. The second kappa shape index (κ2) is 6.94. The first-order valence-corrected chi connectivity index (χ1v) is 8.75. The molecule has 0 saturated carbocycles. The van der Waals surface area contributed by atoms with E-state index in [-0.39, 0.29) is 6.54 Å². The Bertz CT molecular complexity index is 695. The van der Waals surface area contributed by atoms with E-state index in [0.717, 1.165) is 11.3 Å². The highest BCUT2D eigenvalue weighted by atomic mass is 32.2. The van der Waals surface area contributed by atoms with Crippen LogP contribution in [-0.2, 0) is 16.3 Å². The first-order chi connectivity index (χ1) is 10.4. The summed E-state index contributed by atoms with van der Waals surface area (Å²) in [5.74, 6) is 0. The second-order valence-electron chi connectivity index (χ2n) is 5.48. The number of rotatable bonds is 6. The summed E-state index contributed by atoms with van der Waals surface area (Å²) in [5, 5.41) is -0.611. The van der Waals surface area contributed by atoms with Gasteiger partial charge in [0.15, 0.2) is 9.84 Å². The molecule has 0 aliphatic carbocycles. The normalized spacial score (nSPS) is 12.9. The highest BCUT2D eigenvalue weighted by molar-refractivity contribution is 7.92. The summed E-state index contributed by atoms with van der Waals surface area (Å²) in [5.41, 5.74) is 7.79. The van der Waals surface area contributed by atoms with Gasteiger partial charge < -0.3 is 10.6 Å². The average Bonchev–Trinajstić information content (AvgIpc) is 2.53. The van der Waals surface area contributed by atoms with E-state index in [9.17, 15) is 8.42 Å². The molecule has 2 N–H and O–H groups in total. The van der Waals surface area contributed by atoms with Gasteiger partial charge in [0.1, 0.15) is 0 Å². The van der Waals surface area contributed by atoms with Crippen LogP contribution in [0.2, 0.25) is 0 Å². The number of sulfone groups is 1. The molecule has 1 unspecified atom stereocenters. The molecule has 22 heavy (non-hydrogen) atoms. The molecule has 0 bridgehead atoms. The monoisotopic (exact) mass is 318 g/mol. The molecule has 0 radical (unpaired) electrons. The van der Waals surface area contributed by atoms with Crippen molar-refractivity contribution in [1.29, 1.82) is 0 Å². The SMILES string of the molecule is CN(C)c1ccc(CC(CN)S(=O)(=O)c2ccccc2)cc1. The fourth-order valence-electron chi connectivity index (χ4n) is 2.32. The molecule has 0 fully saturated rings. The van der Waals surface area contributed by atoms with Gasteiger partial charge in [-0.1, -0.05) is 30.3 Å². The summed E-state index contributed by atoms with van der Waals surface area (Å²) in [6.45, 7) is 0.104. The van der Waals surface area contributed by atoms with Crippen LogP contribution in [0.3, 0.4) is 0 Å². The Morgan fingerprint density at radius 2 is 1.59 bits per heavy atom. The molecule has 0 saturated heterocycles. The molecule has 2 aromatic rings. The van der Waals surface area contributed by atoms with E-state index in [4.69, 9.17) is 5.73 Å². The summed E-state index contributed by atoms with van der Waals surface area (Å²) in [7, 11) is 0.528. The van der Waals surface area contributed by atoms with Crippen LogP contribution < -0.4 is 10.6 Å². The molecular weight excluding hydrogens is 296 g/mol. The molecule has 0 amide bonds. The Morgan fingerprint density at radius 1 is 1.00 bits per heavy atom. The first-order valence-electron chi connectivity index (χ1n) is 7.20. The number of benzene rings is 2. The van der Waals surface area contributed by atoms with Crippen LogP contribution in [0.25, 0.3) is 0 Å². The maximum Gasteiger partial charge on any atom is 0.182 e. The van der Waals surface area contributed by atoms with E-state index in [1.165, 1.54) is 0 Å². The van der Waals surface area contributed by atoms with E-state index in [2.05, 4.69) is 0 Å². The molecule has 1 atom stereocenters. The van der Waals surface area contributed by atoms with Crippen LogP contribution in [0.4, 0.5) is 5.69 Å². The van der Waals surface area contributed by atoms with E-state index < -0.39 is 15.1 Å². The Labute approximate surface area is 132 Å². The van der Waals surface area contributed by atoms with Crippen LogP contribution in [0.5, 0.6) is 0 Å². The molecular formula is C17H22N2O2S. The van der Waals surface area contributed by atoms with Gasteiger partial charge in [0, 0.05) is 26.3 Å². The Balaban J connectivity index is 2.22. The van der Waals surface area contributed by atoms with Gasteiger partial charge in [0.2, 0.25) is 0 Å². The lowest BCUT2D eigenvalue weighted by molar-refractivity contribution is 0.578. The van der Waals surface area contributed by atoms with Gasteiger partial charge in [-0.3, -0.25) is 0 Å². The summed E-state index contributed by atoms with van der Waals surface area (Å²) < 4.78 is 25.3. The highest BCUT2D eigenvalue weighted by Gasteiger charge is 2.26. The standard InChI is InChI=1S/C17H22N2O2S/c1-19(2)15-10-8-14(9-11-15)12-17(13-18)22(20,21)16-6-4-3-5-7-16/h3-11,17H,12-13,18H2,1-2H3. The zero-order valence-electron chi connectivity index (χ0n) is 12.9. The number of nitrogens with two attached hydrogens (primary N) is 1. The summed E-state index contributed by atoms with van der Waals surface area (Å²) in [6, 6.07) is 16.4. The highest BCUT2D eigenvalue weighted by Crippen LogP contribution is 2.20. The average molecular weight is 318 g/mol. The number of anilines is 1. The molecule has 2 rings (SSSR count). The lowest BCUT2D eigenvalue weighted by Gasteiger charge is -2.17. The maximum absolute atomic E-state index is 12.7. The minimum atomic E-state index is -3.41. The van der Waals surface area contributed by atoms with Crippen LogP contribution >= 0.6 is 0 Å². The van der Waals surface area contributed by atoms with Crippen LogP contribution in [0.15, 0.2) is 59.5 Å². The fraction of sp³-hybridized carbons (Fsp3) is 0.294. The van der Waals surface area contributed by atoms with Gasteiger partial charge in [-0.2, -0.15) is 0 Å². The van der Waals surface area contributed by atoms with Crippen LogP contribution in [0.1, 0.15) is 5.56 Å². The number of hydrogen-bond donors (Lipinski definition) is 1.